The highest BCUT2D eigenvalue weighted by molar-refractivity contribution is 5.96. The lowest BCUT2D eigenvalue weighted by atomic mass is 10.0. The fourth-order valence-corrected chi connectivity index (χ4v) is 3.87. The van der Waals surface area contributed by atoms with E-state index in [1.165, 1.54) is 5.69 Å². The zero-order chi connectivity index (χ0) is 19.3. The lowest BCUT2D eigenvalue weighted by molar-refractivity contribution is 0.306. The van der Waals surface area contributed by atoms with E-state index in [1.54, 1.807) is 0 Å². The lowest BCUT2D eigenvalue weighted by Crippen LogP contribution is -2.11. The number of pyridine rings is 1. The first-order chi connectivity index (χ1) is 13.7. The van der Waals surface area contributed by atoms with Crippen LogP contribution in [0.5, 0.6) is 0 Å². The van der Waals surface area contributed by atoms with Crippen LogP contribution < -0.4 is 5.32 Å². The molecule has 10 heteroatoms. The number of hydrogen-bond acceptors (Lipinski definition) is 7. The Morgan fingerprint density at radius 1 is 1.14 bits per heavy atom. The highest BCUT2D eigenvalue weighted by Gasteiger charge is 2.21. The van der Waals surface area contributed by atoms with Crippen LogP contribution in [0.25, 0.3) is 33.7 Å². The maximum Gasteiger partial charge on any atom is 0.182 e. The van der Waals surface area contributed by atoms with E-state index in [9.17, 15) is 0 Å². The molecule has 9 nitrogen and oxygen atoms in total. The minimum absolute atomic E-state index is 0. The molecule has 0 atom stereocenters. The predicted molar refractivity (Wildman–Crippen MR) is 111 cm³/mol. The van der Waals surface area contributed by atoms with E-state index in [4.69, 9.17) is 19.8 Å². The number of nitrogens with one attached hydrogen (secondary N) is 1. The normalized spacial score (nSPS) is 13.9. The maximum atomic E-state index is 4.97. The molecule has 0 bridgehead atoms. The van der Waals surface area contributed by atoms with Crippen molar-refractivity contribution in [3.8, 4) is 22.6 Å². The SMILES string of the molecule is CCn1nc2nc(-c3cc4n(n3)CCCNC4)cc(-c3nonc3C)c2c1C.Cl. The van der Waals surface area contributed by atoms with Gasteiger partial charge < -0.3 is 5.32 Å². The first kappa shape index (κ1) is 19.5. The first-order valence-corrected chi connectivity index (χ1v) is 9.61. The van der Waals surface area contributed by atoms with Crippen LogP contribution >= 0.6 is 12.4 Å². The smallest absolute Gasteiger partial charge is 0.182 e. The van der Waals surface area contributed by atoms with Gasteiger partial charge in [-0.2, -0.15) is 10.2 Å². The van der Waals surface area contributed by atoms with Crippen LogP contribution in [0.1, 0.15) is 30.4 Å². The molecule has 1 N–H and O–H groups in total. The molecule has 0 saturated heterocycles. The van der Waals surface area contributed by atoms with Gasteiger partial charge in [-0.3, -0.25) is 9.36 Å². The number of aromatic nitrogens is 7. The summed E-state index contributed by atoms with van der Waals surface area (Å²) in [7, 11) is 0. The van der Waals surface area contributed by atoms with Gasteiger partial charge in [0.2, 0.25) is 0 Å². The van der Waals surface area contributed by atoms with Gasteiger partial charge in [-0.1, -0.05) is 5.16 Å². The molecule has 152 valence electrons. The molecule has 0 aromatic carbocycles. The summed E-state index contributed by atoms with van der Waals surface area (Å²) in [5, 5.41) is 22.0. The predicted octanol–water partition coefficient (Wildman–Crippen LogP) is 2.90. The van der Waals surface area contributed by atoms with Crippen LogP contribution in [0.3, 0.4) is 0 Å². The quantitative estimate of drug-likeness (QED) is 0.550. The maximum absolute atomic E-state index is 4.97. The summed E-state index contributed by atoms with van der Waals surface area (Å²) >= 11 is 0. The molecule has 5 heterocycles. The molecule has 0 spiro atoms. The molecule has 4 aromatic rings. The van der Waals surface area contributed by atoms with Gasteiger partial charge in [0.05, 0.1) is 16.8 Å². The zero-order valence-corrected chi connectivity index (χ0v) is 17.5. The van der Waals surface area contributed by atoms with Crippen LogP contribution in [0, 0.1) is 13.8 Å². The third-order valence-electron chi connectivity index (χ3n) is 5.33. The van der Waals surface area contributed by atoms with Crippen molar-refractivity contribution in [3.05, 3.63) is 29.2 Å². The Morgan fingerprint density at radius 2 is 2.00 bits per heavy atom. The van der Waals surface area contributed by atoms with Crippen molar-refractivity contribution in [2.24, 2.45) is 0 Å². The highest BCUT2D eigenvalue weighted by Crippen LogP contribution is 2.34. The molecule has 0 saturated carbocycles. The molecule has 0 aliphatic carbocycles. The van der Waals surface area contributed by atoms with E-state index in [-0.39, 0.29) is 12.4 Å². The lowest BCUT2D eigenvalue weighted by Gasteiger charge is -2.04. The van der Waals surface area contributed by atoms with Crippen molar-refractivity contribution in [1.29, 1.82) is 0 Å². The van der Waals surface area contributed by atoms with Crippen LogP contribution in [0.4, 0.5) is 0 Å². The average Bonchev–Trinajstić information content (AvgIpc) is 3.35. The van der Waals surface area contributed by atoms with E-state index >= 15 is 0 Å². The Labute approximate surface area is 173 Å². The van der Waals surface area contributed by atoms with E-state index in [2.05, 4.69) is 40.2 Å². The molecule has 0 radical (unpaired) electrons. The Bertz CT molecular complexity index is 1150. The van der Waals surface area contributed by atoms with Crippen molar-refractivity contribution in [2.45, 2.75) is 46.8 Å². The summed E-state index contributed by atoms with van der Waals surface area (Å²) in [6.07, 6.45) is 1.07. The van der Waals surface area contributed by atoms with Crippen molar-refractivity contribution in [2.75, 3.05) is 6.54 Å². The molecular formula is C19H23ClN8O. The highest BCUT2D eigenvalue weighted by atomic mass is 35.5. The largest absolute Gasteiger partial charge is 0.311 e. The Hall–Kier alpha value is -2.78. The van der Waals surface area contributed by atoms with Crippen molar-refractivity contribution in [1.82, 2.24) is 40.2 Å². The monoisotopic (exact) mass is 414 g/mol. The molecule has 4 aromatic heterocycles. The van der Waals surface area contributed by atoms with E-state index in [0.717, 1.165) is 72.0 Å². The Kier molecular flexibility index (Phi) is 5.10. The topological polar surface area (TPSA) is 99.5 Å². The fourth-order valence-electron chi connectivity index (χ4n) is 3.87. The number of fused-ring (bicyclic) bond motifs is 2. The van der Waals surface area contributed by atoms with Gasteiger partial charge in [-0.05, 0) is 51.0 Å². The third-order valence-corrected chi connectivity index (χ3v) is 5.33. The van der Waals surface area contributed by atoms with Gasteiger partial charge in [0, 0.05) is 30.9 Å². The number of aryl methyl sites for hydroxylation is 4. The number of rotatable bonds is 3. The van der Waals surface area contributed by atoms with Crippen molar-refractivity contribution >= 4 is 23.4 Å². The van der Waals surface area contributed by atoms with Crippen LogP contribution in [0.2, 0.25) is 0 Å². The molecule has 0 unspecified atom stereocenters. The summed E-state index contributed by atoms with van der Waals surface area (Å²) in [5.41, 5.74) is 6.93. The Balaban J connectivity index is 0.00000205. The summed E-state index contributed by atoms with van der Waals surface area (Å²) in [6, 6.07) is 4.13. The van der Waals surface area contributed by atoms with Gasteiger partial charge >= 0.3 is 0 Å². The van der Waals surface area contributed by atoms with Crippen LogP contribution in [-0.2, 0) is 19.6 Å². The van der Waals surface area contributed by atoms with Gasteiger partial charge in [0.25, 0.3) is 0 Å². The van der Waals surface area contributed by atoms with Crippen LogP contribution in [-0.4, -0.2) is 41.4 Å². The van der Waals surface area contributed by atoms with E-state index < -0.39 is 0 Å². The second-order valence-electron chi connectivity index (χ2n) is 7.13. The summed E-state index contributed by atoms with van der Waals surface area (Å²) in [5.74, 6) is 0. The number of nitrogens with zero attached hydrogens (tertiary/aromatic N) is 7. The minimum atomic E-state index is 0. The second kappa shape index (κ2) is 7.57. The molecule has 0 fully saturated rings. The average molecular weight is 415 g/mol. The van der Waals surface area contributed by atoms with Gasteiger partial charge in [-0.25, -0.2) is 9.61 Å². The fraction of sp³-hybridized carbons (Fsp3) is 0.421. The Morgan fingerprint density at radius 3 is 2.76 bits per heavy atom. The van der Waals surface area contributed by atoms with E-state index in [1.807, 2.05) is 17.7 Å². The molecule has 1 aliphatic heterocycles. The van der Waals surface area contributed by atoms with Gasteiger partial charge in [0.1, 0.15) is 17.1 Å². The van der Waals surface area contributed by atoms with Crippen molar-refractivity contribution in [3.63, 3.8) is 0 Å². The molecular weight excluding hydrogens is 392 g/mol. The van der Waals surface area contributed by atoms with E-state index in [0.29, 0.717) is 5.65 Å². The summed E-state index contributed by atoms with van der Waals surface area (Å²) in [4.78, 5) is 4.84. The third kappa shape index (κ3) is 3.20. The first-order valence-electron chi connectivity index (χ1n) is 9.61. The zero-order valence-electron chi connectivity index (χ0n) is 16.6. The number of hydrogen-bond donors (Lipinski definition) is 1. The molecule has 29 heavy (non-hydrogen) atoms. The van der Waals surface area contributed by atoms with Crippen LogP contribution in [0.15, 0.2) is 16.8 Å². The second-order valence-corrected chi connectivity index (χ2v) is 7.13. The molecule has 5 rings (SSSR count). The van der Waals surface area contributed by atoms with Gasteiger partial charge in [-0.15, -0.1) is 12.4 Å². The molecule has 0 amide bonds. The molecule has 1 aliphatic rings. The standard InChI is InChI=1S/C19H22N8O.ClH/c1-4-26-12(3)17-14(18-11(2)24-28-25-18)9-15(21-19(17)23-26)16-8-13-10-20-6-5-7-27(13)22-16;/h8-9,20H,4-7,10H2,1-3H3;1H. The number of halogens is 1. The van der Waals surface area contributed by atoms with Crippen molar-refractivity contribution < 1.29 is 4.63 Å². The summed E-state index contributed by atoms with van der Waals surface area (Å²) < 4.78 is 9.00. The minimum Gasteiger partial charge on any atom is -0.311 e. The summed E-state index contributed by atoms with van der Waals surface area (Å²) in [6.45, 7) is 9.53. The van der Waals surface area contributed by atoms with Gasteiger partial charge in [0.15, 0.2) is 5.65 Å².